The highest BCUT2D eigenvalue weighted by Crippen LogP contribution is 2.30. The Hall–Kier alpha value is -2.05. The summed E-state index contributed by atoms with van der Waals surface area (Å²) in [6.45, 7) is -0.186. The number of hydrazone groups is 1. The van der Waals surface area contributed by atoms with E-state index in [9.17, 15) is 18.0 Å². The number of primary amides is 1. The zero-order valence-electron chi connectivity index (χ0n) is 9.19. The van der Waals surface area contributed by atoms with E-state index in [1.165, 1.54) is 0 Å². The van der Waals surface area contributed by atoms with Gasteiger partial charge < -0.3 is 5.73 Å². The van der Waals surface area contributed by atoms with Crippen LogP contribution in [0.2, 0.25) is 0 Å². The van der Waals surface area contributed by atoms with E-state index in [2.05, 4.69) is 5.10 Å². The maximum atomic E-state index is 12.7. The molecule has 0 aromatic heterocycles. The van der Waals surface area contributed by atoms with Crippen molar-refractivity contribution in [2.24, 2.45) is 16.8 Å². The van der Waals surface area contributed by atoms with Gasteiger partial charge in [-0.1, -0.05) is 18.2 Å². The maximum Gasteiger partial charge on any atom is 0.432 e. The molecule has 1 unspecified atom stereocenters. The van der Waals surface area contributed by atoms with E-state index in [0.717, 1.165) is 5.01 Å². The quantitative estimate of drug-likeness (QED) is 0.873. The molecule has 0 spiro atoms. The number of halogens is 3. The predicted molar refractivity (Wildman–Crippen MR) is 60.0 cm³/mol. The van der Waals surface area contributed by atoms with Crippen LogP contribution in [0.4, 0.5) is 18.9 Å². The first-order chi connectivity index (χ1) is 8.39. The number of hydrogen-bond donors (Lipinski definition) is 1. The van der Waals surface area contributed by atoms with Crippen molar-refractivity contribution in [1.82, 2.24) is 0 Å². The van der Waals surface area contributed by atoms with Crippen LogP contribution in [0.15, 0.2) is 35.4 Å². The highest BCUT2D eigenvalue weighted by molar-refractivity contribution is 6.08. The van der Waals surface area contributed by atoms with Gasteiger partial charge >= 0.3 is 6.18 Å². The molecule has 18 heavy (non-hydrogen) atoms. The summed E-state index contributed by atoms with van der Waals surface area (Å²) >= 11 is 0. The molecule has 1 aromatic rings. The Bertz CT molecular complexity index is 484. The van der Waals surface area contributed by atoms with Crippen molar-refractivity contribution < 1.29 is 18.0 Å². The van der Waals surface area contributed by atoms with E-state index >= 15 is 0 Å². The van der Waals surface area contributed by atoms with Crippen molar-refractivity contribution in [3.05, 3.63) is 30.3 Å². The van der Waals surface area contributed by atoms with E-state index in [1.54, 1.807) is 30.3 Å². The fourth-order valence-corrected chi connectivity index (χ4v) is 1.74. The van der Waals surface area contributed by atoms with E-state index in [-0.39, 0.29) is 6.54 Å². The molecule has 0 saturated heterocycles. The summed E-state index contributed by atoms with van der Waals surface area (Å²) in [5.41, 5.74) is 4.33. The maximum absolute atomic E-state index is 12.7. The highest BCUT2D eigenvalue weighted by atomic mass is 19.4. The van der Waals surface area contributed by atoms with Crippen LogP contribution in [0.3, 0.4) is 0 Å². The zero-order valence-corrected chi connectivity index (χ0v) is 9.19. The second kappa shape index (κ2) is 4.32. The molecule has 0 radical (unpaired) electrons. The second-order valence-corrected chi connectivity index (χ2v) is 3.86. The molecule has 0 fully saturated rings. The van der Waals surface area contributed by atoms with Crippen LogP contribution >= 0.6 is 0 Å². The molecule has 2 rings (SSSR count). The van der Waals surface area contributed by atoms with Crippen LogP contribution in [0, 0.1) is 5.92 Å². The Morgan fingerprint density at radius 3 is 2.39 bits per heavy atom. The van der Waals surface area contributed by atoms with Gasteiger partial charge in [0.2, 0.25) is 5.91 Å². The number of carbonyl (C=O) groups excluding carboxylic acids is 1. The molecule has 1 aliphatic heterocycles. The van der Waals surface area contributed by atoms with Crippen molar-refractivity contribution in [2.45, 2.75) is 6.18 Å². The van der Waals surface area contributed by atoms with Crippen LogP contribution < -0.4 is 10.7 Å². The van der Waals surface area contributed by atoms with Gasteiger partial charge in [0.05, 0.1) is 12.2 Å². The van der Waals surface area contributed by atoms with E-state index < -0.39 is 23.7 Å². The van der Waals surface area contributed by atoms with Crippen molar-refractivity contribution in [1.29, 1.82) is 0 Å². The minimum absolute atomic E-state index is 0.186. The Morgan fingerprint density at radius 2 is 1.94 bits per heavy atom. The summed E-state index contributed by atoms with van der Waals surface area (Å²) in [6, 6.07) is 8.31. The lowest BCUT2D eigenvalue weighted by atomic mass is 10.0. The number of nitrogens with zero attached hydrogens (tertiary/aromatic N) is 2. The average molecular weight is 257 g/mol. The first-order valence-electron chi connectivity index (χ1n) is 5.17. The summed E-state index contributed by atoms with van der Waals surface area (Å²) in [4.78, 5) is 11.1. The largest absolute Gasteiger partial charge is 0.432 e. The van der Waals surface area contributed by atoms with E-state index in [4.69, 9.17) is 5.73 Å². The predicted octanol–water partition coefficient (Wildman–Crippen LogP) is 1.53. The number of rotatable bonds is 2. The molecule has 0 saturated carbocycles. The lowest BCUT2D eigenvalue weighted by Crippen LogP contribution is -2.38. The van der Waals surface area contributed by atoms with Crippen LogP contribution in [0.5, 0.6) is 0 Å². The van der Waals surface area contributed by atoms with Crippen molar-refractivity contribution in [3.63, 3.8) is 0 Å². The molecule has 7 heteroatoms. The Balaban J connectivity index is 2.33. The molecule has 1 aromatic carbocycles. The molecule has 0 aliphatic carbocycles. The molecule has 1 amide bonds. The van der Waals surface area contributed by atoms with Crippen molar-refractivity contribution >= 4 is 17.3 Å². The number of para-hydroxylation sites is 1. The highest BCUT2D eigenvalue weighted by Gasteiger charge is 2.47. The lowest BCUT2D eigenvalue weighted by Gasteiger charge is -2.14. The van der Waals surface area contributed by atoms with Gasteiger partial charge in [0, 0.05) is 0 Å². The van der Waals surface area contributed by atoms with Gasteiger partial charge in [-0.15, -0.1) is 0 Å². The molecule has 1 aliphatic rings. The summed E-state index contributed by atoms with van der Waals surface area (Å²) < 4.78 is 38.1. The van der Waals surface area contributed by atoms with Gasteiger partial charge in [0.1, 0.15) is 5.92 Å². The van der Waals surface area contributed by atoms with Gasteiger partial charge in [-0.25, -0.2) is 0 Å². The van der Waals surface area contributed by atoms with E-state index in [0.29, 0.717) is 5.69 Å². The fourth-order valence-electron chi connectivity index (χ4n) is 1.74. The molecule has 4 nitrogen and oxygen atoms in total. The SMILES string of the molecule is NC(=O)C1CN(c2ccccc2)N=C1C(F)(F)F. The van der Waals surface area contributed by atoms with Gasteiger partial charge in [-0.05, 0) is 12.1 Å². The van der Waals surface area contributed by atoms with Crippen molar-refractivity contribution in [2.75, 3.05) is 11.6 Å². The van der Waals surface area contributed by atoms with Crippen LogP contribution in [-0.4, -0.2) is 24.3 Å². The Kier molecular flexibility index (Phi) is 2.98. The van der Waals surface area contributed by atoms with Gasteiger partial charge in [-0.3, -0.25) is 9.80 Å². The van der Waals surface area contributed by atoms with Crippen LogP contribution in [0.25, 0.3) is 0 Å². The lowest BCUT2D eigenvalue weighted by molar-refractivity contribution is -0.121. The number of anilines is 1. The molecule has 96 valence electrons. The molecule has 2 N–H and O–H groups in total. The first-order valence-corrected chi connectivity index (χ1v) is 5.17. The topological polar surface area (TPSA) is 58.7 Å². The third kappa shape index (κ3) is 2.29. The van der Waals surface area contributed by atoms with Gasteiger partial charge in [-0.2, -0.15) is 18.3 Å². The monoisotopic (exact) mass is 257 g/mol. The fraction of sp³-hybridized carbons (Fsp3) is 0.273. The average Bonchev–Trinajstić information content (AvgIpc) is 2.74. The van der Waals surface area contributed by atoms with Crippen LogP contribution in [0.1, 0.15) is 0 Å². The van der Waals surface area contributed by atoms with Crippen molar-refractivity contribution in [3.8, 4) is 0 Å². The standard InChI is InChI=1S/C11H10F3N3O/c12-11(13,14)9-8(10(15)18)6-17(16-9)7-4-2-1-3-5-7/h1-5,8H,6H2,(H2,15,18). The number of alkyl halides is 3. The second-order valence-electron chi connectivity index (χ2n) is 3.86. The third-order valence-corrected chi connectivity index (χ3v) is 2.60. The van der Waals surface area contributed by atoms with Crippen LogP contribution in [-0.2, 0) is 4.79 Å². The zero-order chi connectivity index (χ0) is 13.3. The number of nitrogens with two attached hydrogens (primary N) is 1. The first kappa shape index (κ1) is 12.4. The molecular formula is C11H10F3N3O. The number of carbonyl (C=O) groups is 1. The molecule has 0 bridgehead atoms. The summed E-state index contributed by atoms with van der Waals surface area (Å²) in [7, 11) is 0. The van der Waals surface area contributed by atoms with Gasteiger partial charge in [0.25, 0.3) is 0 Å². The summed E-state index contributed by atoms with van der Waals surface area (Å²) in [5, 5.41) is 4.59. The number of hydrogen-bond acceptors (Lipinski definition) is 3. The minimum atomic E-state index is -4.65. The minimum Gasteiger partial charge on any atom is -0.369 e. The third-order valence-electron chi connectivity index (χ3n) is 2.60. The van der Waals surface area contributed by atoms with Gasteiger partial charge in [0.15, 0.2) is 5.71 Å². The molecule has 1 atom stereocenters. The normalized spacial score (nSPS) is 19.8. The summed E-state index contributed by atoms with van der Waals surface area (Å²) in [5.74, 6) is -2.45. The van der Waals surface area contributed by atoms with E-state index in [1.807, 2.05) is 0 Å². The smallest absolute Gasteiger partial charge is 0.369 e. The number of benzene rings is 1. The Morgan fingerprint density at radius 1 is 1.33 bits per heavy atom. The molecular weight excluding hydrogens is 247 g/mol. The number of amides is 1. The summed E-state index contributed by atoms with van der Waals surface area (Å²) in [6.07, 6.45) is -4.65. The molecule has 1 heterocycles. The Labute approximate surface area is 101 Å².